The summed E-state index contributed by atoms with van der Waals surface area (Å²) in [5.74, 6) is -1.11. The molecule has 0 saturated heterocycles. The maximum absolute atomic E-state index is 14.5. The van der Waals surface area contributed by atoms with Crippen LogP contribution in [0.1, 0.15) is 20.9 Å². The maximum atomic E-state index is 14.5. The van der Waals surface area contributed by atoms with Crippen molar-refractivity contribution in [2.45, 2.75) is 13.2 Å². The molecule has 0 atom stereocenters. The Labute approximate surface area is 176 Å². The molecule has 0 aliphatic rings. The first-order valence-electron chi connectivity index (χ1n) is 9.24. The molecular formula is C23H18F2N2O2S. The molecule has 0 fully saturated rings. The van der Waals surface area contributed by atoms with Crippen LogP contribution in [0.15, 0.2) is 66.9 Å². The van der Waals surface area contributed by atoms with Crippen LogP contribution in [0, 0.1) is 11.6 Å². The molecule has 2 aromatic heterocycles. The summed E-state index contributed by atoms with van der Waals surface area (Å²) in [6.45, 7) is 0.289. The second-order valence-electron chi connectivity index (χ2n) is 6.64. The summed E-state index contributed by atoms with van der Waals surface area (Å²) < 4.78 is 33.9. The monoisotopic (exact) mass is 424 g/mol. The van der Waals surface area contributed by atoms with Gasteiger partial charge in [-0.05, 0) is 48.5 Å². The van der Waals surface area contributed by atoms with Crippen molar-refractivity contribution in [2.75, 3.05) is 12.0 Å². The number of carbonyl (C=O) groups excluding carboxylic acids is 1. The minimum absolute atomic E-state index is 0.100. The summed E-state index contributed by atoms with van der Waals surface area (Å²) in [7, 11) is 1.50. The lowest BCUT2D eigenvalue weighted by Gasteiger charge is -2.22. The highest BCUT2D eigenvalue weighted by Crippen LogP contribution is 2.35. The normalized spacial score (nSPS) is 11.0. The number of nitrogens with zero attached hydrogens (tertiary/aromatic N) is 2. The van der Waals surface area contributed by atoms with Gasteiger partial charge in [0.2, 0.25) is 0 Å². The lowest BCUT2D eigenvalue weighted by Crippen LogP contribution is -2.31. The number of carbonyl (C=O) groups is 1. The second kappa shape index (κ2) is 8.69. The Bertz CT molecular complexity index is 1180. The van der Waals surface area contributed by atoms with E-state index in [2.05, 4.69) is 4.98 Å². The largest absolute Gasteiger partial charge is 0.380 e. The number of hydrogen-bond acceptors (Lipinski definition) is 4. The quantitative estimate of drug-likeness (QED) is 0.407. The lowest BCUT2D eigenvalue weighted by molar-refractivity contribution is 0.0984. The van der Waals surface area contributed by atoms with Crippen molar-refractivity contribution in [1.82, 2.24) is 4.98 Å². The second-order valence-corrected chi connectivity index (χ2v) is 7.70. The van der Waals surface area contributed by atoms with Gasteiger partial charge in [0.15, 0.2) is 0 Å². The van der Waals surface area contributed by atoms with Gasteiger partial charge in [0, 0.05) is 34.6 Å². The Morgan fingerprint density at radius 3 is 2.57 bits per heavy atom. The van der Waals surface area contributed by atoms with Gasteiger partial charge in [-0.1, -0.05) is 12.1 Å². The number of rotatable bonds is 6. The number of aromatic nitrogens is 1. The van der Waals surface area contributed by atoms with E-state index in [-0.39, 0.29) is 19.1 Å². The molecule has 0 unspecified atom stereocenters. The molecule has 2 heterocycles. The van der Waals surface area contributed by atoms with Crippen molar-refractivity contribution in [2.24, 2.45) is 0 Å². The number of halogens is 2. The first-order valence-corrected chi connectivity index (χ1v) is 10.1. The standard InChI is InChI=1S/C23H18F2N2O2S/c1-29-14-18-21-19(25)6-4-7-20(21)30-22(18)23(28)27(13-16-5-2-3-12-26-16)17-10-8-15(24)9-11-17/h2-12H,13-14H2,1H3. The molecule has 4 nitrogen and oxygen atoms in total. The maximum Gasteiger partial charge on any atom is 0.269 e. The fraction of sp³-hybridized carbons (Fsp3) is 0.130. The Hall–Kier alpha value is -3.16. The van der Waals surface area contributed by atoms with Gasteiger partial charge in [0.05, 0.1) is 23.7 Å². The lowest BCUT2D eigenvalue weighted by atomic mass is 10.1. The molecule has 2 aromatic carbocycles. The van der Waals surface area contributed by atoms with Gasteiger partial charge in [-0.15, -0.1) is 11.3 Å². The molecule has 0 radical (unpaired) electrons. The number of hydrogen-bond donors (Lipinski definition) is 0. The molecular weight excluding hydrogens is 406 g/mol. The van der Waals surface area contributed by atoms with E-state index in [1.807, 2.05) is 12.1 Å². The summed E-state index contributed by atoms with van der Waals surface area (Å²) in [5.41, 5.74) is 1.71. The third-order valence-electron chi connectivity index (χ3n) is 4.68. The van der Waals surface area contributed by atoms with Crippen molar-refractivity contribution >= 4 is 33.0 Å². The molecule has 0 aliphatic heterocycles. The van der Waals surface area contributed by atoms with Crippen molar-refractivity contribution < 1.29 is 18.3 Å². The van der Waals surface area contributed by atoms with E-state index in [0.29, 0.717) is 31.9 Å². The van der Waals surface area contributed by atoms with E-state index in [4.69, 9.17) is 4.74 Å². The molecule has 7 heteroatoms. The van der Waals surface area contributed by atoms with Crippen LogP contribution in [0.4, 0.5) is 14.5 Å². The number of anilines is 1. The Balaban J connectivity index is 1.82. The number of amides is 1. The van der Waals surface area contributed by atoms with Crippen LogP contribution >= 0.6 is 11.3 Å². The smallest absolute Gasteiger partial charge is 0.269 e. The van der Waals surface area contributed by atoms with Gasteiger partial charge >= 0.3 is 0 Å². The van der Waals surface area contributed by atoms with Crippen LogP contribution in [0.25, 0.3) is 10.1 Å². The fourth-order valence-corrected chi connectivity index (χ4v) is 4.47. The summed E-state index contributed by atoms with van der Waals surface area (Å²) >= 11 is 1.22. The summed E-state index contributed by atoms with van der Waals surface area (Å²) in [5, 5.41) is 0.393. The van der Waals surface area contributed by atoms with Gasteiger partial charge in [-0.3, -0.25) is 9.78 Å². The van der Waals surface area contributed by atoms with Gasteiger partial charge in [0.1, 0.15) is 11.6 Å². The minimum Gasteiger partial charge on any atom is -0.380 e. The average Bonchev–Trinajstić information content (AvgIpc) is 3.13. The van der Waals surface area contributed by atoms with Gasteiger partial charge in [-0.25, -0.2) is 8.78 Å². The van der Waals surface area contributed by atoms with Gasteiger partial charge in [-0.2, -0.15) is 0 Å². The van der Waals surface area contributed by atoms with Crippen molar-refractivity contribution in [3.8, 4) is 0 Å². The zero-order valence-corrected chi connectivity index (χ0v) is 17.0. The van der Waals surface area contributed by atoms with Crippen LogP contribution in [-0.2, 0) is 17.9 Å². The molecule has 1 amide bonds. The van der Waals surface area contributed by atoms with E-state index in [1.165, 1.54) is 41.5 Å². The number of thiophene rings is 1. The number of methoxy groups -OCH3 is 1. The highest BCUT2D eigenvalue weighted by molar-refractivity contribution is 7.21. The first kappa shape index (κ1) is 20.1. The molecule has 0 spiro atoms. The number of fused-ring (bicyclic) bond motifs is 1. The number of pyridine rings is 1. The van der Waals surface area contributed by atoms with Crippen molar-refractivity contribution in [1.29, 1.82) is 0 Å². The van der Waals surface area contributed by atoms with Crippen molar-refractivity contribution in [3.05, 3.63) is 94.6 Å². The predicted octanol–water partition coefficient (Wildman–Crippen LogP) is 5.57. The van der Waals surface area contributed by atoms with Crippen LogP contribution in [0.3, 0.4) is 0 Å². The Morgan fingerprint density at radius 1 is 1.07 bits per heavy atom. The van der Waals surface area contributed by atoms with E-state index in [9.17, 15) is 13.6 Å². The van der Waals surface area contributed by atoms with Crippen LogP contribution < -0.4 is 4.90 Å². The van der Waals surface area contributed by atoms with Gasteiger partial charge in [0.25, 0.3) is 5.91 Å². The number of benzene rings is 2. The van der Waals surface area contributed by atoms with Crippen LogP contribution in [-0.4, -0.2) is 18.0 Å². The molecule has 152 valence electrons. The van der Waals surface area contributed by atoms with Crippen LogP contribution in [0.5, 0.6) is 0 Å². The van der Waals surface area contributed by atoms with E-state index in [1.54, 1.807) is 36.5 Å². The average molecular weight is 424 g/mol. The van der Waals surface area contributed by atoms with Crippen molar-refractivity contribution in [3.63, 3.8) is 0 Å². The Morgan fingerprint density at radius 2 is 1.87 bits per heavy atom. The third kappa shape index (κ3) is 3.94. The molecule has 4 aromatic rings. The molecule has 4 rings (SSSR count). The van der Waals surface area contributed by atoms with Crippen LogP contribution in [0.2, 0.25) is 0 Å². The minimum atomic E-state index is -0.395. The summed E-state index contributed by atoms with van der Waals surface area (Å²) in [6, 6.07) is 15.9. The fourth-order valence-electron chi connectivity index (χ4n) is 3.30. The zero-order valence-electron chi connectivity index (χ0n) is 16.1. The molecule has 0 saturated carbocycles. The molecule has 0 N–H and O–H groups in total. The first-order chi connectivity index (χ1) is 14.6. The molecule has 0 bridgehead atoms. The molecule has 30 heavy (non-hydrogen) atoms. The Kier molecular flexibility index (Phi) is 5.83. The van der Waals surface area contributed by atoms with Gasteiger partial charge < -0.3 is 9.64 Å². The van der Waals surface area contributed by atoms with E-state index < -0.39 is 11.6 Å². The summed E-state index contributed by atoms with van der Waals surface area (Å²) in [6.07, 6.45) is 1.65. The van der Waals surface area contributed by atoms with E-state index in [0.717, 1.165) is 0 Å². The topological polar surface area (TPSA) is 42.4 Å². The highest BCUT2D eigenvalue weighted by atomic mass is 32.1. The third-order valence-corrected chi connectivity index (χ3v) is 5.86. The molecule has 0 aliphatic carbocycles. The number of ether oxygens (including phenoxy) is 1. The summed E-state index contributed by atoms with van der Waals surface area (Å²) in [4.78, 5) is 19.9. The highest BCUT2D eigenvalue weighted by Gasteiger charge is 2.26. The zero-order chi connectivity index (χ0) is 21.1. The SMILES string of the molecule is COCc1c(C(=O)N(Cc2ccccn2)c2ccc(F)cc2)sc2cccc(F)c12. The van der Waals surface area contributed by atoms with E-state index >= 15 is 0 Å². The predicted molar refractivity (Wildman–Crippen MR) is 114 cm³/mol.